The number of nitrogens with two attached hydrogens (primary N) is 1. The summed E-state index contributed by atoms with van der Waals surface area (Å²) < 4.78 is 29.3. The number of nitrogens with zero attached hydrogens (tertiary/aromatic N) is 2. The first-order valence-corrected chi connectivity index (χ1v) is 8.08. The van der Waals surface area contributed by atoms with Crippen LogP contribution in [0, 0.1) is 12.8 Å². The summed E-state index contributed by atoms with van der Waals surface area (Å²) in [4.78, 5) is 4.12. The summed E-state index contributed by atoms with van der Waals surface area (Å²) in [5.41, 5.74) is 5.18. The Morgan fingerprint density at radius 3 is 2.63 bits per heavy atom. The van der Waals surface area contributed by atoms with Crippen molar-refractivity contribution in [3.05, 3.63) is 12.0 Å². The van der Waals surface area contributed by atoms with Gasteiger partial charge in [-0.05, 0) is 39.5 Å². The van der Waals surface area contributed by atoms with Gasteiger partial charge in [-0.1, -0.05) is 0 Å². The molecule has 3 N–H and O–H groups in total. The number of aromatic nitrogens is 2. The lowest BCUT2D eigenvalue weighted by Crippen LogP contribution is -2.53. The molecule has 1 heterocycles. The van der Waals surface area contributed by atoms with E-state index in [2.05, 4.69) is 9.71 Å². The van der Waals surface area contributed by atoms with E-state index in [0.29, 0.717) is 24.8 Å². The van der Waals surface area contributed by atoms with E-state index in [0.717, 1.165) is 12.8 Å². The van der Waals surface area contributed by atoms with E-state index < -0.39 is 15.6 Å². The second-order valence-corrected chi connectivity index (χ2v) is 7.04. The Morgan fingerprint density at radius 2 is 2.21 bits per heavy atom. The predicted octanol–water partition coefficient (Wildman–Crippen LogP) is 0.617. The highest BCUT2D eigenvalue weighted by atomic mass is 32.2. The number of hydrogen-bond acceptors (Lipinski definition) is 4. The van der Waals surface area contributed by atoms with Crippen LogP contribution < -0.4 is 10.5 Å². The van der Waals surface area contributed by atoms with Crippen LogP contribution in [-0.4, -0.2) is 30.1 Å². The number of sulfonamides is 1. The summed E-state index contributed by atoms with van der Waals surface area (Å²) in [6.07, 6.45) is 3.62. The van der Waals surface area contributed by atoms with Crippen molar-refractivity contribution in [2.45, 2.75) is 50.7 Å². The first-order chi connectivity index (χ1) is 8.82. The molecule has 1 aliphatic carbocycles. The third-order valence-electron chi connectivity index (χ3n) is 3.84. The first-order valence-electron chi connectivity index (χ1n) is 6.60. The average molecular weight is 286 g/mol. The van der Waals surface area contributed by atoms with Crippen molar-refractivity contribution in [3.63, 3.8) is 0 Å². The molecule has 6 nitrogen and oxygen atoms in total. The first kappa shape index (κ1) is 14.5. The Morgan fingerprint density at radius 1 is 1.58 bits per heavy atom. The highest BCUT2D eigenvalue weighted by molar-refractivity contribution is 7.89. The van der Waals surface area contributed by atoms with Crippen molar-refractivity contribution >= 4 is 10.0 Å². The van der Waals surface area contributed by atoms with Crippen LogP contribution in [0.15, 0.2) is 11.2 Å². The van der Waals surface area contributed by atoms with Crippen LogP contribution in [0.2, 0.25) is 0 Å². The van der Waals surface area contributed by atoms with E-state index in [1.807, 2.05) is 18.4 Å². The summed E-state index contributed by atoms with van der Waals surface area (Å²) >= 11 is 0. The molecule has 1 fully saturated rings. The molecular formula is C12H22N4O2S. The molecule has 1 saturated carbocycles. The monoisotopic (exact) mass is 286 g/mol. The quantitative estimate of drug-likeness (QED) is 0.802. The third-order valence-corrected chi connectivity index (χ3v) is 5.32. The second-order valence-electron chi connectivity index (χ2n) is 5.41. The summed E-state index contributed by atoms with van der Waals surface area (Å²) in [6.45, 7) is 6.61. The SMILES string of the molecule is CCn1cc(S(=O)(=O)NC(C)(CN)C2CC2)nc1C. The molecule has 2 rings (SSSR count). The molecule has 1 atom stereocenters. The molecule has 0 aromatic carbocycles. The lowest BCUT2D eigenvalue weighted by atomic mass is 9.98. The summed E-state index contributed by atoms with van der Waals surface area (Å²) in [5.74, 6) is 1.03. The topological polar surface area (TPSA) is 90.0 Å². The molecule has 0 radical (unpaired) electrons. The lowest BCUT2D eigenvalue weighted by molar-refractivity contribution is 0.373. The molecule has 0 bridgehead atoms. The Bertz CT molecular complexity index is 562. The Kier molecular flexibility index (Phi) is 3.72. The molecule has 0 saturated heterocycles. The van der Waals surface area contributed by atoms with Gasteiger partial charge in [0.2, 0.25) is 0 Å². The van der Waals surface area contributed by atoms with E-state index in [1.165, 1.54) is 0 Å². The summed E-state index contributed by atoms with van der Waals surface area (Å²) in [7, 11) is -3.61. The smallest absolute Gasteiger partial charge is 0.260 e. The zero-order chi connectivity index (χ0) is 14.3. The fourth-order valence-corrected chi connectivity index (χ4v) is 3.79. The molecule has 0 spiro atoms. The normalized spacial score (nSPS) is 19.4. The number of imidazole rings is 1. The Hall–Kier alpha value is -0.920. The van der Waals surface area contributed by atoms with E-state index in [9.17, 15) is 8.42 Å². The largest absolute Gasteiger partial charge is 0.334 e. The zero-order valence-corrected chi connectivity index (χ0v) is 12.5. The molecule has 1 aromatic heterocycles. The van der Waals surface area contributed by atoms with E-state index in [4.69, 9.17) is 5.73 Å². The van der Waals surface area contributed by atoms with Gasteiger partial charge in [-0.2, -0.15) is 0 Å². The molecule has 108 valence electrons. The Balaban J connectivity index is 2.26. The van der Waals surface area contributed by atoms with Gasteiger partial charge in [0.1, 0.15) is 5.82 Å². The van der Waals surface area contributed by atoms with Crippen LogP contribution in [0.1, 0.15) is 32.5 Å². The number of rotatable bonds is 6. The fourth-order valence-electron chi connectivity index (χ4n) is 2.30. The average Bonchev–Trinajstić information content (AvgIpc) is 3.12. The van der Waals surface area contributed by atoms with Crippen molar-refractivity contribution in [2.24, 2.45) is 11.7 Å². The summed E-state index contributed by atoms with van der Waals surface area (Å²) in [5, 5.41) is 0.0761. The van der Waals surface area contributed by atoms with E-state index >= 15 is 0 Å². The van der Waals surface area contributed by atoms with Gasteiger partial charge in [0, 0.05) is 24.8 Å². The van der Waals surface area contributed by atoms with Gasteiger partial charge in [0.15, 0.2) is 5.03 Å². The van der Waals surface area contributed by atoms with Crippen molar-refractivity contribution in [1.82, 2.24) is 14.3 Å². The number of aryl methyl sites for hydroxylation is 2. The van der Waals surface area contributed by atoms with Gasteiger partial charge in [0.05, 0.1) is 0 Å². The van der Waals surface area contributed by atoms with Crippen LogP contribution >= 0.6 is 0 Å². The third kappa shape index (κ3) is 2.82. The van der Waals surface area contributed by atoms with E-state index in [1.54, 1.807) is 13.1 Å². The fraction of sp³-hybridized carbons (Fsp3) is 0.750. The van der Waals surface area contributed by atoms with Crippen molar-refractivity contribution in [2.75, 3.05) is 6.54 Å². The van der Waals surface area contributed by atoms with Gasteiger partial charge >= 0.3 is 0 Å². The maximum Gasteiger partial charge on any atom is 0.260 e. The molecule has 1 aliphatic rings. The lowest BCUT2D eigenvalue weighted by Gasteiger charge is -2.28. The minimum Gasteiger partial charge on any atom is -0.334 e. The highest BCUT2D eigenvalue weighted by Crippen LogP contribution is 2.39. The molecule has 1 unspecified atom stereocenters. The van der Waals surface area contributed by atoms with Gasteiger partial charge in [-0.3, -0.25) is 0 Å². The van der Waals surface area contributed by atoms with E-state index in [-0.39, 0.29) is 5.03 Å². The van der Waals surface area contributed by atoms with Gasteiger partial charge in [-0.25, -0.2) is 18.1 Å². The Labute approximate surface area is 114 Å². The molecule has 0 amide bonds. The zero-order valence-electron chi connectivity index (χ0n) is 11.7. The van der Waals surface area contributed by atoms with Crippen molar-refractivity contribution in [3.8, 4) is 0 Å². The molecular weight excluding hydrogens is 264 g/mol. The van der Waals surface area contributed by atoms with Crippen molar-refractivity contribution in [1.29, 1.82) is 0 Å². The molecule has 0 aliphatic heterocycles. The molecule has 19 heavy (non-hydrogen) atoms. The number of hydrogen-bond donors (Lipinski definition) is 2. The van der Waals surface area contributed by atoms with Crippen LogP contribution in [0.5, 0.6) is 0 Å². The van der Waals surface area contributed by atoms with Crippen LogP contribution in [0.25, 0.3) is 0 Å². The standard InChI is InChI=1S/C12H22N4O2S/c1-4-16-7-11(14-9(16)2)19(17,18)15-12(3,8-13)10-5-6-10/h7,10,15H,4-6,8,13H2,1-3H3. The minimum atomic E-state index is -3.61. The van der Waals surface area contributed by atoms with Gasteiger partial charge < -0.3 is 10.3 Å². The second kappa shape index (κ2) is 4.88. The number of nitrogens with one attached hydrogen (secondary N) is 1. The summed E-state index contributed by atoms with van der Waals surface area (Å²) in [6, 6.07) is 0. The molecule has 1 aromatic rings. The van der Waals surface area contributed by atoms with Crippen molar-refractivity contribution < 1.29 is 8.42 Å². The minimum absolute atomic E-state index is 0.0761. The predicted molar refractivity (Wildman–Crippen MR) is 73.1 cm³/mol. The van der Waals surface area contributed by atoms with Gasteiger partial charge in [-0.15, -0.1) is 0 Å². The van der Waals surface area contributed by atoms with Gasteiger partial charge in [0.25, 0.3) is 10.0 Å². The molecule has 7 heteroatoms. The van der Waals surface area contributed by atoms with Crippen LogP contribution in [-0.2, 0) is 16.6 Å². The highest BCUT2D eigenvalue weighted by Gasteiger charge is 2.43. The maximum atomic E-state index is 12.4. The maximum absolute atomic E-state index is 12.4. The van der Waals surface area contributed by atoms with Crippen LogP contribution in [0.4, 0.5) is 0 Å². The van der Waals surface area contributed by atoms with Crippen LogP contribution in [0.3, 0.4) is 0 Å².